The molecule has 1 atom stereocenters. The summed E-state index contributed by atoms with van der Waals surface area (Å²) in [6, 6.07) is 18.3. The number of esters is 1. The monoisotopic (exact) mass is 470 g/mol. The molecule has 1 heterocycles. The van der Waals surface area contributed by atoms with Crippen LogP contribution in [0.1, 0.15) is 16.1 Å². The van der Waals surface area contributed by atoms with Gasteiger partial charge in [-0.25, -0.2) is 4.79 Å². The third kappa shape index (κ3) is 6.05. The molecule has 154 valence electrons. The van der Waals surface area contributed by atoms with Gasteiger partial charge in [0.2, 0.25) is 0 Å². The van der Waals surface area contributed by atoms with Crippen molar-refractivity contribution in [2.24, 2.45) is 0 Å². The van der Waals surface area contributed by atoms with Crippen molar-refractivity contribution >= 4 is 39.4 Å². The highest BCUT2D eigenvalue weighted by Crippen LogP contribution is 2.21. The normalized spacial score (nSPS) is 11.4. The summed E-state index contributed by atoms with van der Waals surface area (Å²) in [4.78, 5) is 37.1. The maximum atomic E-state index is 12.6. The number of carbonyl (C=O) groups is 3. The molecule has 1 aromatic heterocycles. The highest BCUT2D eigenvalue weighted by atomic mass is 79.9. The first-order valence-electron chi connectivity index (χ1n) is 9.12. The van der Waals surface area contributed by atoms with Crippen molar-refractivity contribution in [3.8, 4) is 0 Å². The molecule has 0 spiro atoms. The molecule has 0 saturated carbocycles. The van der Waals surface area contributed by atoms with Crippen LogP contribution in [0.5, 0.6) is 0 Å². The van der Waals surface area contributed by atoms with Crippen molar-refractivity contribution in [3.05, 3.63) is 88.8 Å². The molecule has 8 heteroatoms. The minimum absolute atomic E-state index is 0.0764. The lowest BCUT2D eigenvalue weighted by molar-refractivity contribution is -0.149. The quantitative estimate of drug-likeness (QED) is 0.490. The van der Waals surface area contributed by atoms with Crippen LogP contribution in [0.2, 0.25) is 0 Å². The number of anilines is 1. The Morgan fingerprint density at radius 1 is 0.967 bits per heavy atom. The predicted octanol–water partition coefficient (Wildman–Crippen LogP) is 3.57. The molecule has 7 nitrogen and oxygen atoms in total. The molecule has 2 aromatic carbocycles. The van der Waals surface area contributed by atoms with Crippen LogP contribution in [0, 0.1) is 0 Å². The summed E-state index contributed by atoms with van der Waals surface area (Å²) in [5, 5.41) is 5.26. The van der Waals surface area contributed by atoms with E-state index >= 15 is 0 Å². The molecule has 2 N–H and O–H groups in total. The van der Waals surface area contributed by atoms with E-state index in [1.807, 2.05) is 36.4 Å². The Kier molecular flexibility index (Phi) is 7.40. The Morgan fingerprint density at radius 3 is 2.40 bits per heavy atom. The number of benzene rings is 2. The summed E-state index contributed by atoms with van der Waals surface area (Å²) in [5.74, 6) is -1.69. The molecule has 0 aliphatic carbocycles. The van der Waals surface area contributed by atoms with Gasteiger partial charge in [-0.05, 0) is 45.8 Å². The van der Waals surface area contributed by atoms with Gasteiger partial charge in [0.15, 0.2) is 12.4 Å². The van der Waals surface area contributed by atoms with Gasteiger partial charge in [0.1, 0.15) is 6.04 Å². The Morgan fingerprint density at radius 2 is 1.70 bits per heavy atom. The average Bonchev–Trinajstić information content (AvgIpc) is 3.29. The highest BCUT2D eigenvalue weighted by molar-refractivity contribution is 9.10. The van der Waals surface area contributed by atoms with Crippen LogP contribution < -0.4 is 10.6 Å². The topological polar surface area (TPSA) is 97.6 Å². The van der Waals surface area contributed by atoms with Crippen LogP contribution in [0.3, 0.4) is 0 Å². The second kappa shape index (κ2) is 10.4. The molecule has 2 amide bonds. The largest absolute Gasteiger partial charge is 0.459 e. The third-order valence-electron chi connectivity index (χ3n) is 4.11. The summed E-state index contributed by atoms with van der Waals surface area (Å²) in [6.45, 7) is -0.484. The van der Waals surface area contributed by atoms with E-state index in [2.05, 4.69) is 26.6 Å². The Hall–Kier alpha value is -3.39. The summed E-state index contributed by atoms with van der Waals surface area (Å²) in [7, 11) is 0. The van der Waals surface area contributed by atoms with E-state index < -0.39 is 30.4 Å². The number of carbonyl (C=O) groups excluding carboxylic acids is 3. The van der Waals surface area contributed by atoms with Gasteiger partial charge in [-0.3, -0.25) is 9.59 Å². The standard InChI is InChI=1S/C22H19BrN2O5/c23-16-9-4-5-10-17(16)24-20(26)14-30-22(28)18(13-15-7-2-1-3-8-15)25-21(27)19-11-6-12-29-19/h1-12,18H,13-14H2,(H,24,26)(H,25,27)/t18-/m0/s1. The van der Waals surface area contributed by atoms with Gasteiger partial charge in [0, 0.05) is 10.9 Å². The van der Waals surface area contributed by atoms with Gasteiger partial charge in [-0.15, -0.1) is 0 Å². The molecule has 0 fully saturated rings. The zero-order valence-electron chi connectivity index (χ0n) is 15.8. The number of rotatable bonds is 8. The fourth-order valence-electron chi connectivity index (χ4n) is 2.67. The molecule has 0 aliphatic heterocycles. The molecule has 0 aliphatic rings. The van der Waals surface area contributed by atoms with Crippen LogP contribution in [-0.2, 0) is 20.7 Å². The summed E-state index contributed by atoms with van der Waals surface area (Å²) >= 11 is 3.33. The summed E-state index contributed by atoms with van der Waals surface area (Å²) in [6.07, 6.45) is 1.57. The van der Waals surface area contributed by atoms with E-state index in [9.17, 15) is 14.4 Å². The fourth-order valence-corrected chi connectivity index (χ4v) is 3.05. The lowest BCUT2D eigenvalue weighted by atomic mass is 10.1. The van der Waals surface area contributed by atoms with E-state index in [0.717, 1.165) is 5.56 Å². The van der Waals surface area contributed by atoms with Crippen molar-refractivity contribution in [1.82, 2.24) is 5.32 Å². The number of hydrogen-bond donors (Lipinski definition) is 2. The van der Waals surface area contributed by atoms with Gasteiger partial charge in [-0.1, -0.05) is 42.5 Å². The van der Waals surface area contributed by atoms with Crippen LogP contribution in [-0.4, -0.2) is 30.4 Å². The second-order valence-corrected chi connectivity index (χ2v) is 7.18. The highest BCUT2D eigenvalue weighted by Gasteiger charge is 2.25. The van der Waals surface area contributed by atoms with Crippen LogP contribution in [0.25, 0.3) is 0 Å². The van der Waals surface area contributed by atoms with Crippen molar-refractivity contribution in [3.63, 3.8) is 0 Å². The Bertz CT molecular complexity index is 1010. The molecule has 0 radical (unpaired) electrons. The van der Waals surface area contributed by atoms with E-state index in [1.54, 1.807) is 24.3 Å². The lowest BCUT2D eigenvalue weighted by Crippen LogP contribution is -2.44. The first-order valence-corrected chi connectivity index (χ1v) is 9.91. The maximum absolute atomic E-state index is 12.6. The molecule has 3 aromatic rings. The minimum atomic E-state index is -0.985. The molecular formula is C22H19BrN2O5. The van der Waals surface area contributed by atoms with Crippen molar-refractivity contribution < 1.29 is 23.5 Å². The molecule has 30 heavy (non-hydrogen) atoms. The molecular weight excluding hydrogens is 452 g/mol. The average molecular weight is 471 g/mol. The predicted molar refractivity (Wildman–Crippen MR) is 114 cm³/mol. The van der Waals surface area contributed by atoms with E-state index in [1.165, 1.54) is 12.3 Å². The number of nitrogens with one attached hydrogen (secondary N) is 2. The molecule has 0 unspecified atom stereocenters. The van der Waals surface area contributed by atoms with Crippen LogP contribution in [0.4, 0.5) is 5.69 Å². The first kappa shape index (κ1) is 21.3. The van der Waals surface area contributed by atoms with Crippen molar-refractivity contribution in [2.75, 3.05) is 11.9 Å². The Balaban J connectivity index is 1.62. The van der Waals surface area contributed by atoms with Gasteiger partial charge in [0.25, 0.3) is 11.8 Å². The SMILES string of the molecule is O=C(COC(=O)[C@H](Cc1ccccc1)NC(=O)c1ccco1)Nc1ccccc1Br. The van der Waals surface area contributed by atoms with Crippen LogP contribution >= 0.6 is 15.9 Å². The van der Waals surface area contributed by atoms with Gasteiger partial charge in [0.05, 0.1) is 12.0 Å². The van der Waals surface area contributed by atoms with Crippen molar-refractivity contribution in [1.29, 1.82) is 0 Å². The van der Waals surface area contributed by atoms with E-state index in [0.29, 0.717) is 10.2 Å². The number of amides is 2. The van der Waals surface area contributed by atoms with E-state index in [-0.39, 0.29) is 12.2 Å². The summed E-state index contributed by atoms with van der Waals surface area (Å²) < 4.78 is 10.9. The lowest BCUT2D eigenvalue weighted by Gasteiger charge is -2.17. The number of para-hydroxylation sites is 1. The number of ether oxygens (including phenoxy) is 1. The zero-order chi connectivity index (χ0) is 21.3. The summed E-state index contributed by atoms with van der Waals surface area (Å²) in [5.41, 5.74) is 1.39. The fraction of sp³-hybridized carbons (Fsp3) is 0.136. The number of hydrogen-bond acceptors (Lipinski definition) is 5. The van der Waals surface area contributed by atoms with Gasteiger partial charge < -0.3 is 19.8 Å². The van der Waals surface area contributed by atoms with Gasteiger partial charge in [-0.2, -0.15) is 0 Å². The molecule has 0 bridgehead atoms. The van der Waals surface area contributed by atoms with E-state index in [4.69, 9.17) is 9.15 Å². The third-order valence-corrected chi connectivity index (χ3v) is 4.80. The second-order valence-electron chi connectivity index (χ2n) is 6.33. The number of halogens is 1. The zero-order valence-corrected chi connectivity index (χ0v) is 17.4. The Labute approximate surface area is 181 Å². The first-order chi connectivity index (χ1) is 14.5. The van der Waals surface area contributed by atoms with Crippen molar-refractivity contribution in [2.45, 2.75) is 12.5 Å². The van der Waals surface area contributed by atoms with Gasteiger partial charge >= 0.3 is 5.97 Å². The smallest absolute Gasteiger partial charge is 0.329 e. The maximum Gasteiger partial charge on any atom is 0.329 e. The molecule has 0 saturated heterocycles. The number of furan rings is 1. The molecule has 3 rings (SSSR count). The van der Waals surface area contributed by atoms with Crippen LogP contribution in [0.15, 0.2) is 81.9 Å². The minimum Gasteiger partial charge on any atom is -0.459 e.